The summed E-state index contributed by atoms with van der Waals surface area (Å²) in [6, 6.07) is 12.4. The van der Waals surface area contributed by atoms with Crippen molar-refractivity contribution in [3.05, 3.63) is 59.5 Å². The van der Waals surface area contributed by atoms with Crippen molar-refractivity contribution in [2.45, 2.75) is 13.0 Å². The van der Waals surface area contributed by atoms with Gasteiger partial charge in [-0.2, -0.15) is 0 Å². The zero-order chi connectivity index (χ0) is 13.7. The molecule has 1 amide bonds. The van der Waals surface area contributed by atoms with Gasteiger partial charge in [-0.1, -0.05) is 30.3 Å². The average Bonchev–Trinajstić information content (AvgIpc) is 2.85. The Morgan fingerprint density at radius 3 is 2.53 bits per heavy atom. The van der Waals surface area contributed by atoms with Gasteiger partial charge in [0.2, 0.25) is 0 Å². The molecule has 1 heterocycles. The summed E-state index contributed by atoms with van der Waals surface area (Å²) in [5.41, 5.74) is 0.980. The molecule has 2 N–H and O–H groups in total. The number of aliphatic carboxylic acids is 1. The number of hydrogen-bond acceptors (Lipinski definition) is 3. The Balaban J connectivity index is 1.93. The minimum absolute atomic E-state index is 0.118. The molecule has 0 bridgehead atoms. The van der Waals surface area contributed by atoms with Crippen LogP contribution in [0.1, 0.15) is 21.9 Å². The van der Waals surface area contributed by atoms with E-state index < -0.39 is 5.97 Å². The largest absolute Gasteiger partial charge is 0.481 e. The molecule has 98 valence electrons. The topological polar surface area (TPSA) is 79.5 Å². The van der Waals surface area contributed by atoms with Gasteiger partial charge in [0.25, 0.3) is 5.91 Å². The second-order valence-electron chi connectivity index (χ2n) is 4.00. The number of nitrogens with one attached hydrogen (secondary N) is 1. The number of carbonyl (C=O) groups is 2. The highest BCUT2D eigenvalue weighted by atomic mass is 16.4. The molecule has 0 unspecified atom stereocenters. The van der Waals surface area contributed by atoms with Crippen molar-refractivity contribution in [1.29, 1.82) is 0 Å². The quantitative estimate of drug-likeness (QED) is 0.858. The maximum Gasteiger partial charge on any atom is 0.311 e. The lowest BCUT2D eigenvalue weighted by Crippen LogP contribution is -2.22. The monoisotopic (exact) mass is 259 g/mol. The zero-order valence-electron chi connectivity index (χ0n) is 10.1. The van der Waals surface area contributed by atoms with Crippen LogP contribution < -0.4 is 5.32 Å². The van der Waals surface area contributed by atoms with Crippen molar-refractivity contribution < 1.29 is 19.1 Å². The molecular weight excluding hydrogens is 246 g/mol. The first-order valence-electron chi connectivity index (χ1n) is 5.78. The van der Waals surface area contributed by atoms with Crippen molar-refractivity contribution in [2.24, 2.45) is 0 Å². The molecule has 0 saturated heterocycles. The molecule has 5 nitrogen and oxygen atoms in total. The summed E-state index contributed by atoms with van der Waals surface area (Å²) in [5, 5.41) is 11.3. The number of furan rings is 1. The van der Waals surface area contributed by atoms with Gasteiger partial charge in [0.05, 0.1) is 0 Å². The Hall–Kier alpha value is -2.56. The predicted molar refractivity (Wildman–Crippen MR) is 67.7 cm³/mol. The van der Waals surface area contributed by atoms with E-state index >= 15 is 0 Å². The van der Waals surface area contributed by atoms with Gasteiger partial charge in [0, 0.05) is 6.54 Å². The van der Waals surface area contributed by atoms with Gasteiger partial charge in [-0.3, -0.25) is 9.59 Å². The third-order valence-corrected chi connectivity index (χ3v) is 2.51. The average molecular weight is 259 g/mol. The highest BCUT2D eigenvalue weighted by Crippen LogP contribution is 2.09. The highest BCUT2D eigenvalue weighted by Gasteiger charge is 2.12. The Morgan fingerprint density at radius 2 is 1.84 bits per heavy atom. The number of amides is 1. The van der Waals surface area contributed by atoms with Crippen LogP contribution >= 0.6 is 0 Å². The number of carboxylic acid groups (broad SMARTS) is 1. The van der Waals surface area contributed by atoms with Crippen molar-refractivity contribution in [2.75, 3.05) is 0 Å². The Bertz CT molecular complexity index is 574. The van der Waals surface area contributed by atoms with E-state index in [1.165, 1.54) is 12.1 Å². The van der Waals surface area contributed by atoms with E-state index in [0.717, 1.165) is 5.56 Å². The van der Waals surface area contributed by atoms with Crippen molar-refractivity contribution in [3.63, 3.8) is 0 Å². The second-order valence-corrected chi connectivity index (χ2v) is 4.00. The molecule has 2 rings (SSSR count). The van der Waals surface area contributed by atoms with Crippen molar-refractivity contribution in [1.82, 2.24) is 5.32 Å². The molecule has 0 saturated carbocycles. The third kappa shape index (κ3) is 3.70. The van der Waals surface area contributed by atoms with E-state index in [9.17, 15) is 9.59 Å². The van der Waals surface area contributed by atoms with E-state index in [-0.39, 0.29) is 23.8 Å². The minimum atomic E-state index is -0.995. The lowest BCUT2D eigenvalue weighted by atomic mass is 10.2. The van der Waals surface area contributed by atoms with Crippen LogP contribution in [0.3, 0.4) is 0 Å². The van der Waals surface area contributed by atoms with Crippen LogP contribution in [0.15, 0.2) is 46.9 Å². The van der Waals surface area contributed by atoms with Crippen LogP contribution in [-0.2, 0) is 17.8 Å². The van der Waals surface area contributed by atoms with Gasteiger partial charge < -0.3 is 14.8 Å². The first-order chi connectivity index (χ1) is 9.15. The summed E-state index contributed by atoms with van der Waals surface area (Å²) < 4.78 is 5.15. The second kappa shape index (κ2) is 5.86. The molecule has 2 aromatic rings. The van der Waals surface area contributed by atoms with Crippen molar-refractivity contribution in [3.8, 4) is 0 Å². The molecule has 0 spiro atoms. The van der Waals surface area contributed by atoms with Crippen LogP contribution in [-0.4, -0.2) is 17.0 Å². The number of carbonyl (C=O) groups excluding carboxylic acids is 1. The normalized spacial score (nSPS) is 10.1. The van der Waals surface area contributed by atoms with Gasteiger partial charge in [-0.15, -0.1) is 0 Å². The fourth-order valence-electron chi connectivity index (χ4n) is 1.61. The molecule has 0 aliphatic heterocycles. The summed E-state index contributed by atoms with van der Waals surface area (Å²) in [7, 11) is 0. The number of benzene rings is 1. The first kappa shape index (κ1) is 12.9. The van der Waals surface area contributed by atoms with Crippen LogP contribution in [0.4, 0.5) is 0 Å². The Kier molecular flexibility index (Phi) is 3.97. The van der Waals surface area contributed by atoms with Gasteiger partial charge >= 0.3 is 5.97 Å². The standard InChI is InChI=1S/C14H13NO4/c16-13(17)8-11-6-7-12(19-11)14(18)15-9-10-4-2-1-3-5-10/h1-7H,8-9H2,(H,15,18)(H,16,17). The van der Waals surface area contributed by atoms with E-state index in [0.29, 0.717) is 6.54 Å². The summed E-state index contributed by atoms with van der Waals surface area (Å²) in [5.74, 6) is -0.976. The van der Waals surface area contributed by atoms with Crippen LogP contribution in [0, 0.1) is 0 Å². The lowest BCUT2D eigenvalue weighted by molar-refractivity contribution is -0.136. The fourth-order valence-corrected chi connectivity index (χ4v) is 1.61. The zero-order valence-corrected chi connectivity index (χ0v) is 10.1. The Morgan fingerprint density at radius 1 is 1.11 bits per heavy atom. The first-order valence-corrected chi connectivity index (χ1v) is 5.78. The molecule has 0 fully saturated rings. The van der Waals surface area contributed by atoms with Crippen LogP contribution in [0.2, 0.25) is 0 Å². The molecule has 0 aliphatic rings. The van der Waals surface area contributed by atoms with Crippen molar-refractivity contribution >= 4 is 11.9 Å². The number of rotatable bonds is 5. The van der Waals surface area contributed by atoms with Gasteiger partial charge in [-0.25, -0.2) is 0 Å². The smallest absolute Gasteiger partial charge is 0.311 e. The summed E-state index contributed by atoms with van der Waals surface area (Å²) in [4.78, 5) is 22.3. The van der Waals surface area contributed by atoms with E-state index in [1.54, 1.807) is 0 Å². The molecule has 19 heavy (non-hydrogen) atoms. The lowest BCUT2D eigenvalue weighted by Gasteiger charge is -2.02. The molecular formula is C14H13NO4. The third-order valence-electron chi connectivity index (χ3n) is 2.51. The van der Waals surface area contributed by atoms with Gasteiger partial charge in [0.15, 0.2) is 5.76 Å². The Labute approximate surface area is 109 Å². The van der Waals surface area contributed by atoms with E-state index in [2.05, 4.69) is 5.32 Å². The maximum atomic E-state index is 11.8. The molecule has 5 heteroatoms. The summed E-state index contributed by atoms with van der Waals surface area (Å²) in [6.45, 7) is 0.397. The van der Waals surface area contributed by atoms with E-state index in [1.807, 2.05) is 30.3 Å². The highest BCUT2D eigenvalue weighted by molar-refractivity contribution is 5.91. The SMILES string of the molecule is O=C(O)Cc1ccc(C(=O)NCc2ccccc2)o1. The van der Waals surface area contributed by atoms with Gasteiger partial charge in [0.1, 0.15) is 12.2 Å². The molecule has 0 atom stereocenters. The fraction of sp³-hybridized carbons (Fsp3) is 0.143. The molecule has 1 aromatic carbocycles. The number of hydrogen-bond donors (Lipinski definition) is 2. The van der Waals surface area contributed by atoms with Gasteiger partial charge in [-0.05, 0) is 17.7 Å². The molecule has 0 radical (unpaired) electrons. The maximum absolute atomic E-state index is 11.8. The predicted octanol–water partition coefficient (Wildman–Crippen LogP) is 1.84. The summed E-state index contributed by atoms with van der Waals surface area (Å²) in [6.07, 6.45) is -0.230. The number of carboxylic acids is 1. The van der Waals surface area contributed by atoms with E-state index in [4.69, 9.17) is 9.52 Å². The summed E-state index contributed by atoms with van der Waals surface area (Å²) >= 11 is 0. The van der Waals surface area contributed by atoms with Crippen LogP contribution in [0.25, 0.3) is 0 Å². The molecule has 0 aliphatic carbocycles. The minimum Gasteiger partial charge on any atom is -0.481 e. The van der Waals surface area contributed by atoms with Crippen LogP contribution in [0.5, 0.6) is 0 Å². The molecule has 1 aromatic heterocycles.